The lowest BCUT2D eigenvalue weighted by molar-refractivity contribution is 0.462. The Hall–Kier alpha value is -3.13. The Morgan fingerprint density at radius 1 is 1.20 bits per heavy atom. The van der Waals surface area contributed by atoms with Crippen molar-refractivity contribution in [2.75, 3.05) is 0 Å². The zero-order valence-corrected chi connectivity index (χ0v) is 10.5. The van der Waals surface area contributed by atoms with Gasteiger partial charge in [-0.3, -0.25) is 0 Å². The average Bonchev–Trinajstić information content (AvgIpc) is 3.03. The summed E-state index contributed by atoms with van der Waals surface area (Å²) in [5.41, 5.74) is 1.46. The number of nitriles is 1. The predicted octanol–water partition coefficient (Wildman–Crippen LogP) is 2.93. The molecule has 96 valence electrons. The highest BCUT2D eigenvalue weighted by atomic mass is 16.5. The lowest BCUT2D eigenvalue weighted by Crippen LogP contribution is -1.92. The van der Waals surface area contributed by atoms with Gasteiger partial charge in [-0.2, -0.15) is 5.26 Å². The van der Waals surface area contributed by atoms with Gasteiger partial charge in [0.1, 0.15) is 11.8 Å². The summed E-state index contributed by atoms with van der Waals surface area (Å²) in [5, 5.41) is 8.72. The second kappa shape index (κ2) is 5.24. The van der Waals surface area contributed by atoms with Crippen molar-refractivity contribution in [1.82, 2.24) is 14.5 Å². The van der Waals surface area contributed by atoms with E-state index in [1.165, 1.54) is 6.20 Å². The fourth-order valence-electron chi connectivity index (χ4n) is 1.75. The van der Waals surface area contributed by atoms with Crippen molar-refractivity contribution in [3.63, 3.8) is 0 Å². The van der Waals surface area contributed by atoms with E-state index >= 15 is 0 Å². The van der Waals surface area contributed by atoms with E-state index in [2.05, 4.69) is 9.97 Å². The molecule has 3 rings (SSSR count). The average molecular weight is 262 g/mol. The maximum Gasteiger partial charge on any atom is 0.219 e. The van der Waals surface area contributed by atoms with Gasteiger partial charge in [-0.05, 0) is 18.2 Å². The van der Waals surface area contributed by atoms with Gasteiger partial charge in [-0.15, -0.1) is 0 Å². The van der Waals surface area contributed by atoms with Crippen molar-refractivity contribution < 1.29 is 4.74 Å². The van der Waals surface area contributed by atoms with E-state index in [-0.39, 0.29) is 0 Å². The van der Waals surface area contributed by atoms with E-state index in [0.717, 1.165) is 5.69 Å². The van der Waals surface area contributed by atoms with Gasteiger partial charge in [-0.25, -0.2) is 9.97 Å². The zero-order chi connectivity index (χ0) is 13.8. The molecule has 0 aliphatic carbocycles. The standard InChI is InChI=1S/C15H10N4O/c16-9-12-4-5-15(18-10-12)20-14-3-1-2-13(8-14)19-7-6-17-11-19/h1-8,10-11H. The molecule has 0 N–H and O–H groups in total. The molecule has 1 aromatic carbocycles. The molecule has 20 heavy (non-hydrogen) atoms. The third kappa shape index (κ3) is 2.49. The van der Waals surface area contributed by atoms with Gasteiger partial charge in [0.2, 0.25) is 5.88 Å². The van der Waals surface area contributed by atoms with Gasteiger partial charge in [0.15, 0.2) is 0 Å². The largest absolute Gasteiger partial charge is 0.439 e. The first-order valence-electron chi connectivity index (χ1n) is 5.97. The number of aromatic nitrogens is 3. The Morgan fingerprint density at radius 3 is 2.85 bits per heavy atom. The van der Waals surface area contributed by atoms with Gasteiger partial charge < -0.3 is 9.30 Å². The van der Waals surface area contributed by atoms with Crippen molar-refractivity contribution in [3.05, 3.63) is 66.9 Å². The number of rotatable bonds is 3. The molecule has 5 heteroatoms. The van der Waals surface area contributed by atoms with Crippen LogP contribution >= 0.6 is 0 Å². The van der Waals surface area contributed by atoms with Crippen LogP contribution in [0.4, 0.5) is 0 Å². The first kappa shape index (κ1) is 11.9. The Bertz CT molecular complexity index is 742. The van der Waals surface area contributed by atoms with Gasteiger partial charge in [0.25, 0.3) is 0 Å². The molecular weight excluding hydrogens is 252 g/mol. The molecule has 0 spiro atoms. The van der Waals surface area contributed by atoms with Crippen molar-refractivity contribution >= 4 is 0 Å². The van der Waals surface area contributed by atoms with Crippen LogP contribution in [0.15, 0.2) is 61.3 Å². The molecule has 0 saturated heterocycles. The fraction of sp³-hybridized carbons (Fsp3) is 0. The fourth-order valence-corrected chi connectivity index (χ4v) is 1.75. The molecule has 0 aliphatic heterocycles. The summed E-state index contributed by atoms with van der Waals surface area (Å²) in [7, 11) is 0. The number of hydrogen-bond donors (Lipinski definition) is 0. The molecule has 2 heterocycles. The molecular formula is C15H10N4O. The molecule has 3 aromatic rings. The Kier molecular flexibility index (Phi) is 3.13. The second-order valence-corrected chi connectivity index (χ2v) is 4.07. The van der Waals surface area contributed by atoms with Crippen molar-refractivity contribution in [1.29, 1.82) is 5.26 Å². The van der Waals surface area contributed by atoms with Gasteiger partial charge in [0, 0.05) is 30.7 Å². The van der Waals surface area contributed by atoms with Crippen LogP contribution in [-0.2, 0) is 0 Å². The van der Waals surface area contributed by atoms with Gasteiger partial charge in [0.05, 0.1) is 17.6 Å². The molecule has 0 saturated carbocycles. The molecule has 0 atom stereocenters. The van der Waals surface area contributed by atoms with E-state index in [4.69, 9.17) is 10.00 Å². The minimum Gasteiger partial charge on any atom is -0.439 e. The van der Waals surface area contributed by atoms with E-state index in [9.17, 15) is 0 Å². The lowest BCUT2D eigenvalue weighted by Gasteiger charge is -2.07. The van der Waals surface area contributed by atoms with Gasteiger partial charge in [-0.1, -0.05) is 6.07 Å². The van der Waals surface area contributed by atoms with Crippen LogP contribution in [0.2, 0.25) is 0 Å². The highest BCUT2D eigenvalue weighted by Gasteiger charge is 2.02. The molecule has 5 nitrogen and oxygen atoms in total. The first-order chi connectivity index (χ1) is 9.85. The predicted molar refractivity (Wildman–Crippen MR) is 72.6 cm³/mol. The highest BCUT2D eigenvalue weighted by Crippen LogP contribution is 2.22. The third-order valence-electron chi connectivity index (χ3n) is 2.71. The second-order valence-electron chi connectivity index (χ2n) is 4.07. The van der Waals surface area contributed by atoms with Crippen molar-refractivity contribution in [2.24, 2.45) is 0 Å². The Morgan fingerprint density at radius 2 is 2.15 bits per heavy atom. The van der Waals surface area contributed by atoms with E-state index in [1.807, 2.05) is 41.1 Å². The number of benzene rings is 1. The summed E-state index contributed by atoms with van der Waals surface area (Å²) in [6.45, 7) is 0. The van der Waals surface area contributed by atoms with Crippen LogP contribution in [0.1, 0.15) is 5.56 Å². The normalized spacial score (nSPS) is 9.95. The maximum absolute atomic E-state index is 8.72. The summed E-state index contributed by atoms with van der Waals surface area (Å²) in [6, 6.07) is 12.9. The third-order valence-corrected chi connectivity index (χ3v) is 2.71. The number of ether oxygens (including phenoxy) is 1. The summed E-state index contributed by atoms with van der Waals surface area (Å²) in [5.74, 6) is 1.13. The highest BCUT2D eigenvalue weighted by molar-refractivity contribution is 5.40. The van der Waals surface area contributed by atoms with E-state index < -0.39 is 0 Å². The minimum absolute atomic E-state index is 0.451. The SMILES string of the molecule is N#Cc1ccc(Oc2cccc(-n3ccnc3)c2)nc1. The van der Waals surface area contributed by atoms with Crippen LogP contribution < -0.4 is 4.74 Å². The molecule has 0 radical (unpaired) electrons. The number of nitrogens with zero attached hydrogens (tertiary/aromatic N) is 4. The summed E-state index contributed by atoms with van der Waals surface area (Å²) in [6.07, 6.45) is 6.78. The Balaban J connectivity index is 1.84. The smallest absolute Gasteiger partial charge is 0.219 e. The van der Waals surface area contributed by atoms with Crippen LogP contribution in [0.3, 0.4) is 0 Å². The van der Waals surface area contributed by atoms with Crippen LogP contribution in [0.25, 0.3) is 5.69 Å². The van der Waals surface area contributed by atoms with Crippen molar-refractivity contribution in [3.8, 4) is 23.4 Å². The minimum atomic E-state index is 0.451. The number of pyridine rings is 1. The lowest BCUT2D eigenvalue weighted by atomic mass is 10.3. The quantitative estimate of drug-likeness (QED) is 0.728. The zero-order valence-electron chi connectivity index (χ0n) is 10.5. The maximum atomic E-state index is 8.72. The van der Waals surface area contributed by atoms with Crippen molar-refractivity contribution in [2.45, 2.75) is 0 Å². The molecule has 0 unspecified atom stereocenters. The van der Waals surface area contributed by atoms with Crippen LogP contribution in [-0.4, -0.2) is 14.5 Å². The topological polar surface area (TPSA) is 63.7 Å². The summed E-state index contributed by atoms with van der Waals surface area (Å²) in [4.78, 5) is 8.08. The molecule has 0 fully saturated rings. The van der Waals surface area contributed by atoms with E-state index in [1.54, 1.807) is 24.7 Å². The molecule has 0 aliphatic rings. The summed E-state index contributed by atoms with van der Waals surface area (Å²) < 4.78 is 7.55. The monoisotopic (exact) mass is 262 g/mol. The molecule has 0 bridgehead atoms. The molecule has 2 aromatic heterocycles. The first-order valence-corrected chi connectivity index (χ1v) is 5.97. The summed E-state index contributed by atoms with van der Waals surface area (Å²) >= 11 is 0. The van der Waals surface area contributed by atoms with Gasteiger partial charge >= 0.3 is 0 Å². The molecule has 0 amide bonds. The van der Waals surface area contributed by atoms with E-state index in [0.29, 0.717) is 17.2 Å². The number of imidazole rings is 1. The Labute approximate surface area is 115 Å². The van der Waals surface area contributed by atoms with Crippen LogP contribution in [0, 0.1) is 11.3 Å². The number of hydrogen-bond acceptors (Lipinski definition) is 4. The van der Waals surface area contributed by atoms with Crippen LogP contribution in [0.5, 0.6) is 11.6 Å².